The second kappa shape index (κ2) is 3.90. The summed E-state index contributed by atoms with van der Waals surface area (Å²) in [5.41, 5.74) is 0.542. The zero-order chi connectivity index (χ0) is 10.8. The maximum atomic E-state index is 11.7. The van der Waals surface area contributed by atoms with E-state index in [1.165, 1.54) is 7.11 Å². The number of ether oxygens (including phenoxy) is 3. The summed E-state index contributed by atoms with van der Waals surface area (Å²) in [4.78, 5) is 11.7. The predicted octanol–water partition coefficient (Wildman–Crippen LogP) is 1.29. The fourth-order valence-electron chi connectivity index (χ4n) is 1.38. The Morgan fingerprint density at radius 2 is 2.13 bits per heavy atom. The van der Waals surface area contributed by atoms with Gasteiger partial charge in [-0.25, -0.2) is 0 Å². The second-order valence-corrected chi connectivity index (χ2v) is 3.25. The maximum Gasteiger partial charge on any atom is 0.197 e. The number of hydrogen-bond donors (Lipinski definition) is 0. The summed E-state index contributed by atoms with van der Waals surface area (Å²) in [6.45, 7) is 0.508. The van der Waals surface area contributed by atoms with Gasteiger partial charge in [0.05, 0.1) is 26.4 Å². The highest BCUT2D eigenvalue weighted by atomic mass is 16.6. The van der Waals surface area contributed by atoms with Crippen molar-refractivity contribution in [2.45, 2.75) is 6.10 Å². The molecule has 1 aromatic carbocycles. The molecule has 0 aliphatic carbocycles. The highest BCUT2D eigenvalue weighted by Gasteiger charge is 2.33. The lowest BCUT2D eigenvalue weighted by atomic mass is 10.1. The molecule has 1 fully saturated rings. The Balaban J connectivity index is 2.33. The molecule has 0 aromatic heterocycles. The number of rotatable bonds is 4. The molecule has 0 radical (unpaired) electrons. The van der Waals surface area contributed by atoms with E-state index in [0.717, 1.165) is 0 Å². The molecule has 0 amide bonds. The first-order valence-electron chi connectivity index (χ1n) is 4.64. The van der Waals surface area contributed by atoms with E-state index in [0.29, 0.717) is 23.7 Å². The Morgan fingerprint density at radius 3 is 2.67 bits per heavy atom. The first-order valence-corrected chi connectivity index (χ1v) is 4.64. The van der Waals surface area contributed by atoms with Gasteiger partial charge >= 0.3 is 0 Å². The molecule has 1 aromatic rings. The minimum Gasteiger partial charge on any atom is -0.497 e. The molecular weight excluding hydrogens is 196 g/mol. The van der Waals surface area contributed by atoms with E-state index in [-0.39, 0.29) is 11.9 Å². The van der Waals surface area contributed by atoms with Crippen LogP contribution in [0.3, 0.4) is 0 Å². The molecule has 1 unspecified atom stereocenters. The van der Waals surface area contributed by atoms with Crippen LogP contribution in [-0.4, -0.2) is 32.7 Å². The van der Waals surface area contributed by atoms with Crippen molar-refractivity contribution in [2.75, 3.05) is 20.8 Å². The van der Waals surface area contributed by atoms with Gasteiger partial charge in [-0.3, -0.25) is 4.79 Å². The van der Waals surface area contributed by atoms with E-state index < -0.39 is 0 Å². The normalized spacial score (nSPS) is 18.4. The molecule has 0 saturated carbocycles. The first kappa shape index (κ1) is 9.98. The van der Waals surface area contributed by atoms with Crippen LogP contribution in [-0.2, 0) is 4.74 Å². The largest absolute Gasteiger partial charge is 0.497 e. The maximum absolute atomic E-state index is 11.7. The summed E-state index contributed by atoms with van der Waals surface area (Å²) in [6.07, 6.45) is -0.285. The monoisotopic (exact) mass is 208 g/mol. The number of Topliss-reactive ketones (excluding diaryl/α,β-unsaturated/α-hetero) is 1. The Bertz CT molecular complexity index is 382. The fourth-order valence-corrected chi connectivity index (χ4v) is 1.38. The number of carbonyl (C=O) groups is 1. The lowest BCUT2D eigenvalue weighted by molar-refractivity contribution is 0.0950. The molecule has 1 aliphatic heterocycles. The van der Waals surface area contributed by atoms with Crippen molar-refractivity contribution in [1.29, 1.82) is 0 Å². The second-order valence-electron chi connectivity index (χ2n) is 3.25. The van der Waals surface area contributed by atoms with E-state index in [2.05, 4.69) is 0 Å². The summed E-state index contributed by atoms with van der Waals surface area (Å²) in [7, 11) is 3.10. The van der Waals surface area contributed by atoms with Gasteiger partial charge in [-0.15, -0.1) is 0 Å². The molecule has 2 rings (SSSR count). The zero-order valence-corrected chi connectivity index (χ0v) is 8.65. The molecule has 0 bridgehead atoms. The molecule has 1 aliphatic rings. The van der Waals surface area contributed by atoms with Crippen molar-refractivity contribution in [1.82, 2.24) is 0 Å². The molecule has 4 heteroatoms. The Morgan fingerprint density at radius 1 is 1.40 bits per heavy atom. The highest BCUT2D eigenvalue weighted by Crippen LogP contribution is 2.28. The molecule has 1 heterocycles. The third kappa shape index (κ3) is 1.94. The summed E-state index contributed by atoms with van der Waals surface area (Å²) in [5, 5.41) is 0. The van der Waals surface area contributed by atoms with Crippen molar-refractivity contribution in [3.8, 4) is 11.5 Å². The lowest BCUT2D eigenvalue weighted by Crippen LogP contribution is -2.08. The van der Waals surface area contributed by atoms with Crippen LogP contribution in [0.5, 0.6) is 11.5 Å². The highest BCUT2D eigenvalue weighted by molar-refractivity contribution is 6.03. The van der Waals surface area contributed by atoms with Crippen molar-refractivity contribution in [3.63, 3.8) is 0 Å². The Hall–Kier alpha value is -1.55. The van der Waals surface area contributed by atoms with Crippen molar-refractivity contribution in [2.24, 2.45) is 0 Å². The Kier molecular flexibility index (Phi) is 2.60. The predicted molar refractivity (Wildman–Crippen MR) is 53.6 cm³/mol. The third-order valence-corrected chi connectivity index (χ3v) is 2.30. The van der Waals surface area contributed by atoms with Gasteiger partial charge in [-0.2, -0.15) is 0 Å². The van der Waals surface area contributed by atoms with Gasteiger partial charge in [0, 0.05) is 6.07 Å². The molecule has 1 saturated heterocycles. The van der Waals surface area contributed by atoms with Crippen LogP contribution in [0.4, 0.5) is 0 Å². The van der Waals surface area contributed by atoms with E-state index in [1.54, 1.807) is 25.3 Å². The van der Waals surface area contributed by atoms with Crippen LogP contribution < -0.4 is 9.47 Å². The Labute approximate surface area is 87.8 Å². The third-order valence-electron chi connectivity index (χ3n) is 2.30. The van der Waals surface area contributed by atoms with Crippen LogP contribution in [0.2, 0.25) is 0 Å². The van der Waals surface area contributed by atoms with Crippen molar-refractivity contribution >= 4 is 5.78 Å². The average molecular weight is 208 g/mol. The van der Waals surface area contributed by atoms with Crippen LogP contribution in [0, 0.1) is 0 Å². The van der Waals surface area contributed by atoms with E-state index >= 15 is 0 Å². The smallest absolute Gasteiger partial charge is 0.197 e. The van der Waals surface area contributed by atoms with Gasteiger partial charge in [0.15, 0.2) is 5.78 Å². The molecule has 0 N–H and O–H groups in total. The van der Waals surface area contributed by atoms with Crippen molar-refractivity contribution in [3.05, 3.63) is 23.8 Å². The van der Waals surface area contributed by atoms with Crippen LogP contribution in [0.15, 0.2) is 18.2 Å². The van der Waals surface area contributed by atoms with E-state index in [9.17, 15) is 4.79 Å². The molecule has 0 spiro atoms. The van der Waals surface area contributed by atoms with E-state index in [1.807, 2.05) is 0 Å². The minimum absolute atomic E-state index is 0.0329. The van der Waals surface area contributed by atoms with E-state index in [4.69, 9.17) is 14.2 Å². The number of carbonyl (C=O) groups excluding carboxylic acids is 1. The van der Waals surface area contributed by atoms with Gasteiger partial charge in [-0.1, -0.05) is 0 Å². The first-order chi connectivity index (χ1) is 7.26. The molecule has 80 valence electrons. The summed E-state index contributed by atoms with van der Waals surface area (Å²) in [5.74, 6) is 1.16. The lowest BCUT2D eigenvalue weighted by Gasteiger charge is -2.08. The summed E-state index contributed by atoms with van der Waals surface area (Å²) >= 11 is 0. The van der Waals surface area contributed by atoms with Gasteiger partial charge in [0.1, 0.15) is 17.6 Å². The number of methoxy groups -OCH3 is 2. The van der Waals surface area contributed by atoms with Crippen LogP contribution in [0.25, 0.3) is 0 Å². The summed E-state index contributed by atoms with van der Waals surface area (Å²) in [6, 6.07) is 5.12. The van der Waals surface area contributed by atoms with Gasteiger partial charge in [0.25, 0.3) is 0 Å². The number of epoxide rings is 1. The minimum atomic E-state index is -0.285. The molecule has 15 heavy (non-hydrogen) atoms. The molecule has 1 atom stereocenters. The number of ketones is 1. The van der Waals surface area contributed by atoms with Crippen LogP contribution >= 0.6 is 0 Å². The van der Waals surface area contributed by atoms with Gasteiger partial charge in [0.2, 0.25) is 0 Å². The quantitative estimate of drug-likeness (QED) is 0.552. The van der Waals surface area contributed by atoms with Gasteiger partial charge in [-0.05, 0) is 12.1 Å². The zero-order valence-electron chi connectivity index (χ0n) is 8.65. The molecule has 4 nitrogen and oxygen atoms in total. The SMILES string of the molecule is COc1ccc(C(=O)C2CO2)c(OC)c1. The number of benzene rings is 1. The van der Waals surface area contributed by atoms with Gasteiger partial charge < -0.3 is 14.2 Å². The average Bonchev–Trinajstić information content (AvgIpc) is 3.11. The summed E-state index contributed by atoms with van der Waals surface area (Å²) < 4.78 is 15.1. The number of hydrogen-bond acceptors (Lipinski definition) is 4. The fraction of sp³-hybridized carbons (Fsp3) is 0.364. The van der Waals surface area contributed by atoms with Crippen molar-refractivity contribution < 1.29 is 19.0 Å². The molecular formula is C11H12O4. The standard InChI is InChI=1S/C11H12O4/c1-13-7-3-4-8(9(5-7)14-2)11(12)10-6-15-10/h3-5,10H,6H2,1-2H3. The topological polar surface area (TPSA) is 48.1 Å². The van der Waals surface area contributed by atoms with Crippen LogP contribution in [0.1, 0.15) is 10.4 Å².